The number of rotatable bonds is 23. The number of benzene rings is 6. The van der Waals surface area contributed by atoms with E-state index in [1.807, 2.05) is 109 Å². The van der Waals surface area contributed by atoms with Gasteiger partial charge in [0.1, 0.15) is 29.9 Å². The second-order valence-corrected chi connectivity index (χ2v) is 17.7. The Morgan fingerprint density at radius 3 is 1.22 bits per heavy atom. The third kappa shape index (κ3) is 14.2. The Labute approximate surface area is 388 Å². The first-order valence-corrected chi connectivity index (χ1v) is 23.5. The number of thioether (sulfide) groups is 1. The van der Waals surface area contributed by atoms with Gasteiger partial charge in [0, 0.05) is 13.5 Å². The van der Waals surface area contributed by atoms with Crippen molar-refractivity contribution in [3.8, 4) is 0 Å². The Morgan fingerprint density at radius 2 is 0.785 bits per heavy atom. The van der Waals surface area contributed by atoms with Crippen LogP contribution in [0.3, 0.4) is 0 Å². The van der Waals surface area contributed by atoms with Crippen LogP contribution < -0.4 is 0 Å². The van der Waals surface area contributed by atoms with E-state index in [-0.39, 0.29) is 23.4 Å². The minimum absolute atomic E-state index is 0.288. The first-order valence-electron chi connectivity index (χ1n) is 22.5. The fraction of sp³-hybridized carbons (Fsp3) is 0.345. The van der Waals surface area contributed by atoms with E-state index in [2.05, 4.69) is 72.8 Å². The van der Waals surface area contributed by atoms with Crippen molar-refractivity contribution < 1.29 is 42.6 Å². The Bertz CT molecular complexity index is 2190. The van der Waals surface area contributed by atoms with Gasteiger partial charge in [-0.25, -0.2) is 0 Å². The van der Waals surface area contributed by atoms with Crippen LogP contribution in [-0.2, 0) is 82.3 Å². The monoisotopic (exact) mass is 896 g/mol. The first-order chi connectivity index (χ1) is 32.2. The topological polar surface area (TPSA) is 83.1 Å². The van der Waals surface area contributed by atoms with Crippen molar-refractivity contribution in [2.24, 2.45) is 0 Å². The minimum atomic E-state index is -0.731. The van der Waals surface area contributed by atoms with Gasteiger partial charge >= 0.3 is 0 Å². The van der Waals surface area contributed by atoms with Crippen LogP contribution in [0.1, 0.15) is 39.8 Å². The molecule has 0 bridgehead atoms. The summed E-state index contributed by atoms with van der Waals surface area (Å²) in [6.07, 6.45) is -2.98. The van der Waals surface area contributed by atoms with E-state index in [0.29, 0.717) is 52.7 Å². The molecule has 2 heterocycles. The summed E-state index contributed by atoms with van der Waals surface area (Å²) < 4.78 is 60.6. The van der Waals surface area contributed by atoms with E-state index in [0.717, 1.165) is 33.4 Å². The summed E-state index contributed by atoms with van der Waals surface area (Å²) in [4.78, 5) is 0. The lowest BCUT2D eigenvalue weighted by molar-refractivity contribution is -0.283. The standard InChI is InChI=1S/C55H60O9S/c1-56-55-53(62-38-46-30-18-7-19-31-46)52(61-37-45-28-16-6-17-29-45)54(49(64-55)40-58-34-42-22-10-3-11-23-42)65-50-32-47(59-35-43-24-12-4-13-25-43)51(60-36-44-26-14-5-15-27-44)48(63-50)39-57-33-41-20-8-2-9-21-41/h2-31,47-55H,32-40H2,1H3/t47-,48?,49?,50+,51+,52?,53?,54-,55?/m1/s1. The van der Waals surface area contributed by atoms with Crippen LogP contribution in [0.15, 0.2) is 182 Å². The molecule has 0 amide bonds. The lowest BCUT2D eigenvalue weighted by Gasteiger charge is -2.48. The number of methoxy groups -OCH3 is 1. The van der Waals surface area contributed by atoms with Crippen LogP contribution >= 0.6 is 11.8 Å². The molecular formula is C55H60O9S. The Balaban J connectivity index is 1.10. The Hall–Kier alpha value is -4.69. The van der Waals surface area contributed by atoms with E-state index in [9.17, 15) is 0 Å². The van der Waals surface area contributed by atoms with Gasteiger partial charge in [-0.05, 0) is 33.4 Å². The molecule has 9 nitrogen and oxygen atoms in total. The molecule has 9 atom stereocenters. The summed E-state index contributed by atoms with van der Waals surface area (Å²) in [5.74, 6) is 0. The number of hydrogen-bond acceptors (Lipinski definition) is 10. The molecule has 0 aromatic heterocycles. The smallest absolute Gasteiger partial charge is 0.186 e. The predicted molar refractivity (Wildman–Crippen MR) is 253 cm³/mol. The van der Waals surface area contributed by atoms with Crippen molar-refractivity contribution in [1.29, 1.82) is 0 Å². The van der Waals surface area contributed by atoms with Crippen LogP contribution in [-0.4, -0.2) is 73.9 Å². The molecule has 2 saturated heterocycles. The molecule has 0 saturated carbocycles. The molecule has 2 fully saturated rings. The van der Waals surface area contributed by atoms with Crippen molar-refractivity contribution >= 4 is 11.8 Å². The van der Waals surface area contributed by atoms with Crippen molar-refractivity contribution in [3.63, 3.8) is 0 Å². The Morgan fingerprint density at radius 1 is 0.415 bits per heavy atom. The van der Waals surface area contributed by atoms with Crippen LogP contribution in [0.5, 0.6) is 0 Å². The summed E-state index contributed by atoms with van der Waals surface area (Å²) >= 11 is 1.67. The van der Waals surface area contributed by atoms with Crippen LogP contribution in [0.2, 0.25) is 0 Å². The average Bonchev–Trinajstić information content (AvgIpc) is 3.36. The van der Waals surface area contributed by atoms with E-state index in [4.69, 9.17) is 42.6 Å². The molecule has 340 valence electrons. The molecule has 65 heavy (non-hydrogen) atoms. The summed E-state index contributed by atoms with van der Waals surface area (Å²) in [7, 11) is 1.65. The van der Waals surface area contributed by atoms with Crippen LogP contribution in [0.4, 0.5) is 0 Å². The van der Waals surface area contributed by atoms with E-state index >= 15 is 0 Å². The van der Waals surface area contributed by atoms with Gasteiger partial charge in [-0.15, -0.1) is 11.8 Å². The highest BCUT2D eigenvalue weighted by Crippen LogP contribution is 2.42. The highest BCUT2D eigenvalue weighted by molar-refractivity contribution is 8.00. The molecule has 2 aliphatic heterocycles. The molecule has 10 heteroatoms. The molecule has 0 aliphatic carbocycles. The molecule has 6 aromatic rings. The van der Waals surface area contributed by atoms with Crippen molar-refractivity contribution in [1.82, 2.24) is 0 Å². The molecule has 2 aliphatic rings. The highest BCUT2D eigenvalue weighted by Gasteiger charge is 2.51. The van der Waals surface area contributed by atoms with Gasteiger partial charge in [-0.3, -0.25) is 0 Å². The molecule has 5 unspecified atom stereocenters. The van der Waals surface area contributed by atoms with Gasteiger partial charge in [0.05, 0.1) is 70.3 Å². The number of hydrogen-bond donors (Lipinski definition) is 0. The second-order valence-electron chi connectivity index (χ2n) is 16.3. The lowest BCUT2D eigenvalue weighted by Crippen LogP contribution is -2.60. The SMILES string of the molecule is COC1OC(COCc2ccccc2)[C@@H](S[C@H]2C[C@@H](OCc3ccccc3)[C@H](OCc3ccccc3)C(COCc3ccccc3)O2)C(OCc2ccccc2)C1OCc1ccccc1. The van der Waals surface area contributed by atoms with Crippen LogP contribution in [0.25, 0.3) is 0 Å². The zero-order valence-corrected chi connectivity index (χ0v) is 37.8. The van der Waals surface area contributed by atoms with E-state index < -0.39 is 36.8 Å². The zero-order chi connectivity index (χ0) is 44.3. The van der Waals surface area contributed by atoms with E-state index in [1.165, 1.54) is 0 Å². The third-order valence-corrected chi connectivity index (χ3v) is 13.1. The molecular weight excluding hydrogens is 837 g/mol. The van der Waals surface area contributed by atoms with Crippen molar-refractivity contribution in [2.45, 2.75) is 99.7 Å². The number of ether oxygens (including phenoxy) is 9. The largest absolute Gasteiger partial charge is 0.374 e. The minimum Gasteiger partial charge on any atom is -0.374 e. The maximum Gasteiger partial charge on any atom is 0.186 e. The highest BCUT2D eigenvalue weighted by atomic mass is 32.2. The maximum absolute atomic E-state index is 7.17. The maximum atomic E-state index is 7.17. The van der Waals surface area contributed by atoms with Gasteiger partial charge in [0.2, 0.25) is 0 Å². The second kappa shape index (κ2) is 25.3. The van der Waals surface area contributed by atoms with E-state index in [1.54, 1.807) is 18.9 Å². The quantitative estimate of drug-likeness (QED) is 0.0620. The third-order valence-electron chi connectivity index (χ3n) is 11.6. The summed E-state index contributed by atoms with van der Waals surface area (Å²) in [6, 6.07) is 61.2. The van der Waals surface area contributed by atoms with Gasteiger partial charge in [0.25, 0.3) is 0 Å². The predicted octanol–water partition coefficient (Wildman–Crippen LogP) is 10.3. The van der Waals surface area contributed by atoms with Gasteiger partial charge < -0.3 is 42.6 Å². The molecule has 0 radical (unpaired) electrons. The molecule has 0 N–H and O–H groups in total. The Kier molecular flexibility index (Phi) is 18.2. The molecule has 6 aromatic carbocycles. The zero-order valence-electron chi connectivity index (χ0n) is 37.0. The fourth-order valence-electron chi connectivity index (χ4n) is 8.21. The van der Waals surface area contributed by atoms with Gasteiger partial charge in [0.15, 0.2) is 6.29 Å². The fourth-order valence-corrected chi connectivity index (χ4v) is 9.77. The summed E-state index contributed by atoms with van der Waals surface area (Å²) in [5.41, 5.74) is 6.02. The average molecular weight is 897 g/mol. The lowest BCUT2D eigenvalue weighted by atomic mass is 10.0. The van der Waals surface area contributed by atoms with Gasteiger partial charge in [-0.1, -0.05) is 182 Å². The first kappa shape index (κ1) is 46.8. The van der Waals surface area contributed by atoms with Crippen molar-refractivity contribution in [3.05, 3.63) is 215 Å². The van der Waals surface area contributed by atoms with Crippen LogP contribution in [0, 0.1) is 0 Å². The summed E-state index contributed by atoms with van der Waals surface area (Å²) in [6.45, 7) is 2.98. The molecule has 0 spiro atoms. The molecule has 8 rings (SSSR count). The van der Waals surface area contributed by atoms with Gasteiger partial charge in [-0.2, -0.15) is 0 Å². The summed E-state index contributed by atoms with van der Waals surface area (Å²) in [5, 5.41) is -0.325. The normalized spacial score (nSPS) is 24.4. The van der Waals surface area contributed by atoms with Crippen molar-refractivity contribution in [2.75, 3.05) is 20.3 Å².